The highest BCUT2D eigenvalue weighted by atomic mass is 16.6. The summed E-state index contributed by atoms with van der Waals surface area (Å²) in [5.41, 5.74) is -1.06. The number of pyridine rings is 1. The fraction of sp³-hybridized carbons (Fsp3) is 0.333. The largest absolute Gasteiger partial charge is 0.619 e. The van der Waals surface area contributed by atoms with Crippen LogP contribution in [0.4, 0.5) is 5.69 Å². The van der Waals surface area contributed by atoms with Gasteiger partial charge in [-0.25, -0.2) is 4.79 Å². The number of methoxy groups -OCH3 is 1. The Balaban J connectivity index is 3.18. The van der Waals surface area contributed by atoms with Crippen molar-refractivity contribution < 1.29 is 29.4 Å². The van der Waals surface area contributed by atoms with Crippen LogP contribution in [0.1, 0.15) is 11.7 Å². The molecule has 9 heteroatoms. The van der Waals surface area contributed by atoms with Crippen LogP contribution in [-0.2, 0) is 9.53 Å². The summed E-state index contributed by atoms with van der Waals surface area (Å²) in [6.45, 7) is 0. The topological polar surface area (TPSA) is 137 Å². The van der Waals surface area contributed by atoms with Gasteiger partial charge in [0.25, 0.3) is 5.69 Å². The number of rotatable bonds is 4. The van der Waals surface area contributed by atoms with Crippen molar-refractivity contribution in [2.75, 3.05) is 7.11 Å². The van der Waals surface area contributed by atoms with E-state index in [9.17, 15) is 30.3 Å². The Morgan fingerprint density at radius 2 is 2.17 bits per heavy atom. The van der Waals surface area contributed by atoms with Crippen molar-refractivity contribution in [3.8, 4) is 0 Å². The van der Waals surface area contributed by atoms with Gasteiger partial charge in [0, 0.05) is 0 Å². The molecule has 0 radical (unpaired) electrons. The number of nitrogens with zero attached hydrogens (tertiary/aromatic N) is 2. The third-order valence-corrected chi connectivity index (χ3v) is 2.20. The van der Waals surface area contributed by atoms with Gasteiger partial charge in [-0.3, -0.25) is 10.1 Å². The molecule has 1 aromatic heterocycles. The number of aromatic nitrogens is 1. The van der Waals surface area contributed by atoms with Gasteiger partial charge in [0.15, 0.2) is 18.5 Å². The minimum absolute atomic E-state index is 0.204. The molecule has 2 atom stereocenters. The standard InChI is InChI=1S/C9H10N2O7/c1-18-9(14)8(13)7(12)5-4-10(15)3-2-6(5)11(16)17/h2-4,7-8,12-13H,1H3. The van der Waals surface area contributed by atoms with Crippen LogP contribution in [0, 0.1) is 15.3 Å². The van der Waals surface area contributed by atoms with Gasteiger partial charge < -0.3 is 20.2 Å². The quantitative estimate of drug-likeness (QED) is 0.227. The fourth-order valence-corrected chi connectivity index (χ4v) is 1.30. The molecule has 0 bridgehead atoms. The van der Waals surface area contributed by atoms with Crippen molar-refractivity contribution in [2.24, 2.45) is 0 Å². The van der Waals surface area contributed by atoms with E-state index in [0.717, 1.165) is 19.4 Å². The highest BCUT2D eigenvalue weighted by molar-refractivity contribution is 5.75. The zero-order chi connectivity index (χ0) is 13.9. The molecular formula is C9H10N2O7. The van der Waals surface area contributed by atoms with Crippen LogP contribution in [0.25, 0.3) is 0 Å². The molecule has 0 saturated heterocycles. The monoisotopic (exact) mass is 258 g/mol. The van der Waals surface area contributed by atoms with Crippen LogP contribution in [0.3, 0.4) is 0 Å². The molecule has 0 aromatic carbocycles. The molecule has 0 fully saturated rings. The van der Waals surface area contributed by atoms with Gasteiger partial charge in [0.1, 0.15) is 11.7 Å². The van der Waals surface area contributed by atoms with Crippen molar-refractivity contribution in [3.05, 3.63) is 39.3 Å². The van der Waals surface area contributed by atoms with Gasteiger partial charge in [-0.2, -0.15) is 4.73 Å². The molecule has 0 saturated carbocycles. The Hall–Kier alpha value is -2.26. The molecule has 0 aliphatic heterocycles. The van der Waals surface area contributed by atoms with E-state index in [1.807, 2.05) is 0 Å². The van der Waals surface area contributed by atoms with Crippen molar-refractivity contribution in [2.45, 2.75) is 12.2 Å². The highest BCUT2D eigenvalue weighted by Crippen LogP contribution is 2.25. The van der Waals surface area contributed by atoms with Crippen LogP contribution >= 0.6 is 0 Å². The summed E-state index contributed by atoms with van der Waals surface area (Å²) in [6, 6.07) is 0.857. The zero-order valence-electron chi connectivity index (χ0n) is 9.22. The first-order chi connectivity index (χ1) is 8.38. The second-order valence-electron chi connectivity index (χ2n) is 3.32. The van der Waals surface area contributed by atoms with E-state index in [4.69, 9.17) is 0 Å². The average molecular weight is 258 g/mol. The number of hydrogen-bond acceptors (Lipinski definition) is 7. The Kier molecular flexibility index (Phi) is 4.13. The predicted molar refractivity (Wildman–Crippen MR) is 55.0 cm³/mol. The lowest BCUT2D eigenvalue weighted by Crippen LogP contribution is -2.32. The van der Waals surface area contributed by atoms with Crippen molar-refractivity contribution >= 4 is 11.7 Å². The van der Waals surface area contributed by atoms with E-state index < -0.39 is 34.4 Å². The lowest BCUT2D eigenvalue weighted by Gasteiger charge is -2.15. The molecule has 2 unspecified atom stereocenters. The number of esters is 1. The molecule has 18 heavy (non-hydrogen) atoms. The third-order valence-electron chi connectivity index (χ3n) is 2.20. The summed E-state index contributed by atoms with van der Waals surface area (Å²) < 4.78 is 4.39. The Bertz CT molecular complexity index is 476. The molecule has 98 valence electrons. The third kappa shape index (κ3) is 2.70. The molecule has 1 heterocycles. The SMILES string of the molecule is COC(=O)C(O)C(O)c1c[n+]([O-])ccc1[N+](=O)[O-]. The van der Waals surface area contributed by atoms with Gasteiger partial charge in [-0.1, -0.05) is 0 Å². The maximum Gasteiger partial charge on any atom is 0.337 e. The highest BCUT2D eigenvalue weighted by Gasteiger charge is 2.33. The first kappa shape index (κ1) is 13.8. The average Bonchev–Trinajstić information content (AvgIpc) is 2.35. The lowest BCUT2D eigenvalue weighted by atomic mass is 10.0. The number of ether oxygens (including phenoxy) is 1. The van der Waals surface area contributed by atoms with Gasteiger partial charge in [-0.05, 0) is 0 Å². The van der Waals surface area contributed by atoms with Crippen LogP contribution < -0.4 is 4.73 Å². The maximum atomic E-state index is 11.0. The second-order valence-corrected chi connectivity index (χ2v) is 3.32. The van der Waals surface area contributed by atoms with Crippen LogP contribution in [0.5, 0.6) is 0 Å². The summed E-state index contributed by atoms with van der Waals surface area (Å²) in [6.07, 6.45) is -2.39. The molecule has 0 amide bonds. The number of hydrogen-bond donors (Lipinski definition) is 2. The number of carbonyl (C=O) groups excluding carboxylic acids is 1. The van der Waals surface area contributed by atoms with Gasteiger partial charge in [0.05, 0.1) is 18.1 Å². The van der Waals surface area contributed by atoms with E-state index in [2.05, 4.69) is 4.74 Å². The second kappa shape index (κ2) is 5.38. The molecule has 0 aliphatic rings. The summed E-state index contributed by atoms with van der Waals surface area (Å²) in [5, 5.41) is 40.7. The maximum absolute atomic E-state index is 11.0. The lowest BCUT2D eigenvalue weighted by molar-refractivity contribution is -0.606. The molecular weight excluding hydrogens is 248 g/mol. The smallest absolute Gasteiger partial charge is 0.337 e. The number of carbonyl (C=O) groups is 1. The van der Waals surface area contributed by atoms with Crippen molar-refractivity contribution in [1.82, 2.24) is 0 Å². The summed E-state index contributed by atoms with van der Waals surface area (Å²) in [5.74, 6) is -1.17. The molecule has 0 aliphatic carbocycles. The minimum atomic E-state index is -2.02. The first-order valence-electron chi connectivity index (χ1n) is 4.69. The van der Waals surface area contributed by atoms with Crippen LogP contribution in [-0.4, -0.2) is 34.3 Å². The Labute approximate surface area is 101 Å². The molecule has 2 N–H and O–H groups in total. The van der Waals surface area contributed by atoms with E-state index >= 15 is 0 Å². The van der Waals surface area contributed by atoms with E-state index in [-0.39, 0.29) is 4.73 Å². The van der Waals surface area contributed by atoms with Crippen molar-refractivity contribution in [1.29, 1.82) is 0 Å². The predicted octanol–water partition coefficient (Wildman–Crippen LogP) is -1.20. The Morgan fingerprint density at radius 3 is 2.67 bits per heavy atom. The Morgan fingerprint density at radius 1 is 1.56 bits per heavy atom. The molecule has 1 aromatic rings. The number of aliphatic hydroxyl groups is 2. The molecule has 0 spiro atoms. The first-order valence-corrected chi connectivity index (χ1v) is 4.69. The molecule has 9 nitrogen and oxygen atoms in total. The summed E-state index contributed by atoms with van der Waals surface area (Å²) in [7, 11) is 0.978. The summed E-state index contributed by atoms with van der Waals surface area (Å²) in [4.78, 5) is 20.8. The van der Waals surface area contributed by atoms with Crippen LogP contribution in [0.2, 0.25) is 0 Å². The van der Waals surface area contributed by atoms with E-state index in [0.29, 0.717) is 6.20 Å². The van der Waals surface area contributed by atoms with Crippen LogP contribution in [0.15, 0.2) is 18.5 Å². The molecule has 1 rings (SSSR count). The van der Waals surface area contributed by atoms with Gasteiger partial charge >= 0.3 is 5.97 Å². The minimum Gasteiger partial charge on any atom is -0.619 e. The van der Waals surface area contributed by atoms with E-state index in [1.54, 1.807) is 0 Å². The fourth-order valence-electron chi connectivity index (χ4n) is 1.30. The summed E-state index contributed by atoms with van der Waals surface area (Å²) >= 11 is 0. The number of nitro groups is 1. The van der Waals surface area contributed by atoms with Gasteiger partial charge in [0.2, 0.25) is 0 Å². The van der Waals surface area contributed by atoms with Gasteiger partial charge in [-0.15, -0.1) is 0 Å². The van der Waals surface area contributed by atoms with E-state index in [1.165, 1.54) is 0 Å². The number of aliphatic hydroxyl groups excluding tert-OH is 2. The van der Waals surface area contributed by atoms with Crippen molar-refractivity contribution in [3.63, 3.8) is 0 Å². The zero-order valence-corrected chi connectivity index (χ0v) is 9.22. The normalized spacial score (nSPS) is 13.7.